The van der Waals surface area contributed by atoms with E-state index < -0.39 is 15.9 Å². The maximum Gasteiger partial charge on any atom is 0.243 e. The fourth-order valence-electron chi connectivity index (χ4n) is 3.76. The molecule has 1 N–H and O–H groups in total. The van der Waals surface area contributed by atoms with Crippen LogP contribution in [-0.4, -0.2) is 43.8 Å². The number of sulfonamides is 1. The van der Waals surface area contributed by atoms with Gasteiger partial charge in [0.15, 0.2) is 5.13 Å². The summed E-state index contributed by atoms with van der Waals surface area (Å²) in [5, 5.41) is 3.45. The molecular weight excluding hydrogens is 434 g/mol. The topological polar surface area (TPSA) is 88.6 Å². The zero-order valence-electron chi connectivity index (χ0n) is 17.7. The number of rotatable bonds is 5. The first kappa shape index (κ1) is 21.7. The number of ether oxygens (including phenoxy) is 1. The zero-order chi connectivity index (χ0) is 22.2. The number of carbonyl (C=O) groups excluding carboxylic acids is 1. The minimum absolute atomic E-state index is 0.156. The number of thiazole rings is 1. The van der Waals surface area contributed by atoms with E-state index in [1.807, 2.05) is 26.0 Å². The largest absolute Gasteiger partial charge is 0.497 e. The Kier molecular flexibility index (Phi) is 6.00. The molecule has 7 nitrogen and oxygen atoms in total. The molecule has 0 saturated carbocycles. The molecule has 164 valence electrons. The van der Waals surface area contributed by atoms with Crippen LogP contribution in [0.1, 0.15) is 24.0 Å². The predicted octanol–water partition coefficient (Wildman–Crippen LogP) is 3.96. The van der Waals surface area contributed by atoms with Crippen LogP contribution in [0.5, 0.6) is 5.75 Å². The van der Waals surface area contributed by atoms with E-state index >= 15 is 0 Å². The van der Waals surface area contributed by atoms with Crippen LogP contribution >= 0.6 is 11.3 Å². The van der Waals surface area contributed by atoms with E-state index in [1.54, 1.807) is 12.1 Å². The van der Waals surface area contributed by atoms with E-state index in [-0.39, 0.29) is 17.3 Å². The van der Waals surface area contributed by atoms with Gasteiger partial charge in [-0.15, -0.1) is 0 Å². The summed E-state index contributed by atoms with van der Waals surface area (Å²) in [6.45, 7) is 4.61. The Labute approximate surface area is 186 Å². The summed E-state index contributed by atoms with van der Waals surface area (Å²) in [4.78, 5) is 17.7. The molecule has 3 aromatic rings. The van der Waals surface area contributed by atoms with E-state index in [1.165, 1.54) is 34.9 Å². The van der Waals surface area contributed by atoms with E-state index in [2.05, 4.69) is 10.3 Å². The van der Waals surface area contributed by atoms with E-state index in [0.29, 0.717) is 30.3 Å². The lowest BCUT2D eigenvalue weighted by atomic mass is 9.99. The van der Waals surface area contributed by atoms with Gasteiger partial charge in [0, 0.05) is 13.1 Å². The van der Waals surface area contributed by atoms with Crippen LogP contribution in [0.25, 0.3) is 10.2 Å². The van der Waals surface area contributed by atoms with Crippen molar-refractivity contribution in [2.24, 2.45) is 5.92 Å². The summed E-state index contributed by atoms with van der Waals surface area (Å²) < 4.78 is 33.6. The number of fused-ring (bicyclic) bond motifs is 1. The predicted molar refractivity (Wildman–Crippen MR) is 122 cm³/mol. The summed E-state index contributed by atoms with van der Waals surface area (Å²) in [6.07, 6.45) is 1.27. The molecule has 1 aliphatic heterocycles. The molecule has 2 aromatic carbocycles. The Morgan fingerprint density at radius 2 is 1.94 bits per heavy atom. The van der Waals surface area contributed by atoms with Gasteiger partial charge in [0.2, 0.25) is 15.9 Å². The molecule has 1 saturated heterocycles. The lowest BCUT2D eigenvalue weighted by Gasteiger charge is -2.31. The minimum Gasteiger partial charge on any atom is -0.497 e. The highest BCUT2D eigenvalue weighted by molar-refractivity contribution is 7.89. The van der Waals surface area contributed by atoms with Crippen molar-refractivity contribution in [2.75, 3.05) is 25.5 Å². The average molecular weight is 460 g/mol. The van der Waals surface area contributed by atoms with Crippen LogP contribution in [0, 0.1) is 19.8 Å². The Hall–Kier alpha value is -2.49. The van der Waals surface area contributed by atoms with Gasteiger partial charge in [-0.2, -0.15) is 4.31 Å². The zero-order valence-corrected chi connectivity index (χ0v) is 19.3. The Bertz CT molecular complexity index is 1220. The van der Waals surface area contributed by atoms with Gasteiger partial charge in [-0.05, 0) is 68.1 Å². The molecule has 0 radical (unpaired) electrons. The van der Waals surface area contributed by atoms with E-state index in [4.69, 9.17) is 4.74 Å². The third-order valence-electron chi connectivity index (χ3n) is 5.77. The van der Waals surface area contributed by atoms with Gasteiger partial charge in [-0.1, -0.05) is 17.4 Å². The van der Waals surface area contributed by atoms with Gasteiger partial charge in [0.25, 0.3) is 0 Å². The number of nitrogens with zero attached hydrogens (tertiary/aromatic N) is 2. The monoisotopic (exact) mass is 459 g/mol. The van der Waals surface area contributed by atoms with E-state index in [9.17, 15) is 13.2 Å². The summed E-state index contributed by atoms with van der Waals surface area (Å²) in [5.74, 6) is -0.0178. The van der Waals surface area contributed by atoms with Gasteiger partial charge < -0.3 is 10.1 Å². The molecule has 0 spiro atoms. The van der Waals surface area contributed by atoms with Crippen molar-refractivity contribution >= 4 is 42.6 Å². The van der Waals surface area contributed by atoms with Crippen LogP contribution in [0.2, 0.25) is 0 Å². The lowest BCUT2D eigenvalue weighted by molar-refractivity contribution is -0.120. The first-order valence-corrected chi connectivity index (χ1v) is 12.4. The second-order valence-electron chi connectivity index (χ2n) is 7.74. The fraction of sp³-hybridized carbons (Fsp3) is 0.364. The molecule has 1 fully saturated rings. The lowest BCUT2D eigenvalue weighted by Crippen LogP contribution is -2.43. The quantitative estimate of drug-likeness (QED) is 0.624. The first-order valence-electron chi connectivity index (χ1n) is 10.1. The van der Waals surface area contributed by atoms with Crippen molar-refractivity contribution in [1.29, 1.82) is 0 Å². The first-order chi connectivity index (χ1) is 14.8. The molecule has 4 rings (SSSR count). The smallest absolute Gasteiger partial charge is 0.243 e. The van der Waals surface area contributed by atoms with Crippen LogP contribution < -0.4 is 10.1 Å². The number of nitrogens with one attached hydrogen (secondary N) is 1. The highest BCUT2D eigenvalue weighted by atomic mass is 32.2. The molecule has 1 amide bonds. The number of carbonyl (C=O) groups is 1. The molecule has 9 heteroatoms. The maximum absolute atomic E-state index is 13.0. The molecule has 1 aliphatic rings. The average Bonchev–Trinajstić information content (AvgIpc) is 3.19. The van der Waals surface area contributed by atoms with Crippen LogP contribution in [0.3, 0.4) is 0 Å². The number of hydrogen-bond acceptors (Lipinski definition) is 6. The SMILES string of the molecule is COc1ccc(S(=O)(=O)N2CCCC(C(=O)Nc3nc4c(C)c(C)ccc4s3)C2)cc1. The molecule has 1 aromatic heterocycles. The second kappa shape index (κ2) is 8.57. The van der Waals surface area contributed by atoms with Crippen molar-refractivity contribution < 1.29 is 17.9 Å². The van der Waals surface area contributed by atoms with Crippen molar-refractivity contribution in [2.45, 2.75) is 31.6 Å². The van der Waals surface area contributed by atoms with Gasteiger partial charge >= 0.3 is 0 Å². The fourth-order valence-corrected chi connectivity index (χ4v) is 6.21. The van der Waals surface area contributed by atoms with Gasteiger partial charge in [0.05, 0.1) is 28.1 Å². The molecule has 1 atom stereocenters. The highest BCUT2D eigenvalue weighted by Crippen LogP contribution is 2.31. The Morgan fingerprint density at radius 1 is 1.19 bits per heavy atom. The van der Waals surface area contributed by atoms with Crippen LogP contribution in [-0.2, 0) is 14.8 Å². The number of piperidine rings is 1. The summed E-state index contributed by atoms with van der Waals surface area (Å²) in [5.41, 5.74) is 3.15. The summed E-state index contributed by atoms with van der Waals surface area (Å²) in [6, 6.07) is 10.4. The third-order valence-corrected chi connectivity index (χ3v) is 8.58. The summed E-state index contributed by atoms with van der Waals surface area (Å²) in [7, 11) is -2.14. The van der Waals surface area contributed by atoms with Crippen molar-refractivity contribution in [3.05, 3.63) is 47.5 Å². The molecule has 2 heterocycles. The summed E-state index contributed by atoms with van der Waals surface area (Å²) >= 11 is 1.43. The Balaban J connectivity index is 1.49. The molecule has 0 bridgehead atoms. The van der Waals surface area contributed by atoms with E-state index in [0.717, 1.165) is 21.3 Å². The Morgan fingerprint density at radius 3 is 2.65 bits per heavy atom. The standard InChI is InChI=1S/C22H25N3O4S2/c1-14-6-11-19-20(15(14)2)23-22(30-19)24-21(26)16-5-4-12-25(13-16)31(27,28)18-9-7-17(29-3)8-10-18/h6-11,16H,4-5,12-13H2,1-3H3,(H,23,24,26). The number of hydrogen-bond donors (Lipinski definition) is 1. The normalized spacial score (nSPS) is 17.6. The van der Waals surface area contributed by atoms with Gasteiger partial charge in [-0.25, -0.2) is 13.4 Å². The molecular formula is C22H25N3O4S2. The number of benzene rings is 2. The van der Waals surface area contributed by atoms with Gasteiger partial charge in [-0.3, -0.25) is 4.79 Å². The minimum atomic E-state index is -3.67. The van der Waals surface area contributed by atoms with Crippen molar-refractivity contribution in [3.8, 4) is 5.75 Å². The van der Waals surface area contributed by atoms with Gasteiger partial charge in [0.1, 0.15) is 5.75 Å². The van der Waals surface area contributed by atoms with Crippen molar-refractivity contribution in [1.82, 2.24) is 9.29 Å². The molecule has 31 heavy (non-hydrogen) atoms. The molecule has 0 aliphatic carbocycles. The molecule has 1 unspecified atom stereocenters. The number of methoxy groups -OCH3 is 1. The number of aromatic nitrogens is 1. The third kappa shape index (κ3) is 4.30. The van der Waals surface area contributed by atoms with Crippen LogP contribution in [0.15, 0.2) is 41.3 Å². The number of anilines is 1. The van der Waals surface area contributed by atoms with Crippen molar-refractivity contribution in [3.63, 3.8) is 0 Å². The number of aryl methyl sites for hydroxylation is 2. The second-order valence-corrected chi connectivity index (χ2v) is 10.7. The number of amides is 1. The van der Waals surface area contributed by atoms with Crippen LogP contribution in [0.4, 0.5) is 5.13 Å². The highest BCUT2D eigenvalue weighted by Gasteiger charge is 2.33. The maximum atomic E-state index is 13.0.